The first-order valence-electron chi connectivity index (χ1n) is 4.47. The second-order valence-electron chi connectivity index (χ2n) is 3.21. The maximum atomic E-state index is 11.6. The van der Waals surface area contributed by atoms with Gasteiger partial charge in [0.25, 0.3) is 0 Å². The Hall–Kier alpha value is -0.140. The van der Waals surface area contributed by atoms with Gasteiger partial charge in [0.05, 0.1) is 18.1 Å². The Morgan fingerprint density at radius 3 is 2.40 bits per heavy atom. The fraction of sp³-hybridized carbons (Fsp3) is 0.400. The van der Waals surface area contributed by atoms with Gasteiger partial charge in [-0.25, -0.2) is 8.42 Å². The number of rotatable bonds is 5. The first-order valence-corrected chi connectivity index (χ1v) is 7.37. The summed E-state index contributed by atoms with van der Waals surface area (Å²) in [5.41, 5.74) is 0.825. The minimum Gasteiger partial charge on any atom is -0.384 e. The van der Waals surface area contributed by atoms with Crippen LogP contribution in [0.2, 0.25) is 0 Å². The molecular formula is C10H13IO3S. The Balaban J connectivity index is 2.65. The van der Waals surface area contributed by atoms with Gasteiger partial charge in [0, 0.05) is 10.7 Å². The highest BCUT2D eigenvalue weighted by molar-refractivity contribution is 14.1. The summed E-state index contributed by atoms with van der Waals surface area (Å²) in [7, 11) is -1.54. The molecule has 0 radical (unpaired) electrons. The number of hydrogen-bond donors (Lipinski definition) is 0. The van der Waals surface area contributed by atoms with E-state index in [2.05, 4.69) is 22.6 Å². The number of methoxy groups -OCH3 is 1. The molecule has 0 aliphatic rings. The summed E-state index contributed by atoms with van der Waals surface area (Å²) in [5.74, 6) is 0.169. The van der Waals surface area contributed by atoms with E-state index in [-0.39, 0.29) is 18.1 Å². The molecule has 0 bridgehead atoms. The summed E-state index contributed by atoms with van der Waals surface area (Å²) in [4.78, 5) is 0. The van der Waals surface area contributed by atoms with Gasteiger partial charge in [0.2, 0.25) is 0 Å². The Labute approximate surface area is 104 Å². The van der Waals surface area contributed by atoms with Gasteiger partial charge in [0.15, 0.2) is 9.84 Å². The topological polar surface area (TPSA) is 43.4 Å². The van der Waals surface area contributed by atoms with Gasteiger partial charge in [0.1, 0.15) is 0 Å². The minimum absolute atomic E-state index is 0.0789. The third-order valence-corrected chi connectivity index (χ3v) is 4.18. The molecule has 0 spiro atoms. The zero-order valence-corrected chi connectivity index (χ0v) is 11.4. The van der Waals surface area contributed by atoms with Crippen molar-refractivity contribution in [2.45, 2.75) is 5.75 Å². The second-order valence-corrected chi connectivity index (χ2v) is 6.64. The summed E-state index contributed by atoms with van der Waals surface area (Å²) in [6.45, 7) is 0.257. The van der Waals surface area contributed by atoms with Crippen molar-refractivity contribution >= 4 is 32.4 Å². The smallest absolute Gasteiger partial charge is 0.156 e. The van der Waals surface area contributed by atoms with Crippen LogP contribution in [0, 0.1) is 3.57 Å². The van der Waals surface area contributed by atoms with E-state index in [4.69, 9.17) is 4.74 Å². The molecule has 0 saturated heterocycles. The fourth-order valence-electron chi connectivity index (χ4n) is 1.12. The van der Waals surface area contributed by atoms with Crippen LogP contribution in [0.15, 0.2) is 24.3 Å². The minimum atomic E-state index is -3.04. The molecule has 0 aliphatic carbocycles. The van der Waals surface area contributed by atoms with E-state index in [0.717, 1.165) is 9.13 Å². The van der Waals surface area contributed by atoms with Crippen molar-refractivity contribution in [2.75, 3.05) is 19.5 Å². The molecule has 0 atom stereocenters. The third kappa shape index (κ3) is 4.94. The first kappa shape index (κ1) is 12.9. The van der Waals surface area contributed by atoms with Crippen molar-refractivity contribution in [3.63, 3.8) is 0 Å². The molecule has 0 saturated carbocycles. The van der Waals surface area contributed by atoms with E-state index in [1.807, 2.05) is 24.3 Å². The van der Waals surface area contributed by atoms with Gasteiger partial charge in [-0.3, -0.25) is 0 Å². The van der Waals surface area contributed by atoms with Crippen LogP contribution in [0.1, 0.15) is 5.56 Å². The predicted octanol–water partition coefficient (Wildman–Crippen LogP) is 1.85. The highest BCUT2D eigenvalue weighted by Crippen LogP contribution is 2.10. The molecule has 0 amide bonds. The van der Waals surface area contributed by atoms with E-state index >= 15 is 0 Å². The maximum Gasteiger partial charge on any atom is 0.156 e. The Morgan fingerprint density at radius 1 is 1.27 bits per heavy atom. The fourth-order valence-corrected chi connectivity index (χ4v) is 2.74. The van der Waals surface area contributed by atoms with E-state index in [9.17, 15) is 8.42 Å². The van der Waals surface area contributed by atoms with Crippen molar-refractivity contribution in [3.8, 4) is 0 Å². The average molecular weight is 340 g/mol. The molecule has 1 rings (SSSR count). The highest BCUT2D eigenvalue weighted by atomic mass is 127. The molecule has 3 nitrogen and oxygen atoms in total. The molecular weight excluding hydrogens is 327 g/mol. The summed E-state index contributed by atoms with van der Waals surface area (Å²) in [5, 5.41) is 0. The molecule has 0 N–H and O–H groups in total. The maximum absolute atomic E-state index is 11.6. The number of sulfone groups is 1. The molecule has 0 unspecified atom stereocenters. The van der Waals surface area contributed by atoms with E-state index in [1.165, 1.54) is 7.11 Å². The van der Waals surface area contributed by atoms with Crippen LogP contribution in [0.3, 0.4) is 0 Å². The van der Waals surface area contributed by atoms with Crippen LogP contribution < -0.4 is 0 Å². The van der Waals surface area contributed by atoms with Gasteiger partial charge in [-0.2, -0.15) is 0 Å². The quantitative estimate of drug-likeness (QED) is 0.769. The average Bonchev–Trinajstić information content (AvgIpc) is 2.18. The van der Waals surface area contributed by atoms with Crippen molar-refractivity contribution < 1.29 is 13.2 Å². The zero-order chi connectivity index (χ0) is 11.3. The monoisotopic (exact) mass is 340 g/mol. The van der Waals surface area contributed by atoms with Crippen LogP contribution in [-0.2, 0) is 20.3 Å². The van der Waals surface area contributed by atoms with Crippen LogP contribution in [0.25, 0.3) is 0 Å². The van der Waals surface area contributed by atoms with Crippen LogP contribution in [0.4, 0.5) is 0 Å². The lowest BCUT2D eigenvalue weighted by atomic mass is 10.2. The highest BCUT2D eigenvalue weighted by Gasteiger charge is 2.11. The van der Waals surface area contributed by atoms with Crippen molar-refractivity contribution in [1.29, 1.82) is 0 Å². The lowest BCUT2D eigenvalue weighted by molar-refractivity contribution is 0.217. The van der Waals surface area contributed by atoms with Crippen molar-refractivity contribution in [1.82, 2.24) is 0 Å². The first-order chi connectivity index (χ1) is 7.03. The molecule has 0 aliphatic heterocycles. The third-order valence-electron chi connectivity index (χ3n) is 1.90. The number of halogens is 1. The molecule has 0 heterocycles. The van der Waals surface area contributed by atoms with Crippen molar-refractivity contribution in [2.24, 2.45) is 0 Å². The Kier molecular flexibility index (Phi) is 5.01. The summed E-state index contributed by atoms with van der Waals surface area (Å²) >= 11 is 2.19. The largest absolute Gasteiger partial charge is 0.384 e. The second kappa shape index (κ2) is 5.81. The van der Waals surface area contributed by atoms with Crippen LogP contribution in [-0.4, -0.2) is 27.9 Å². The lowest BCUT2D eigenvalue weighted by Crippen LogP contribution is -2.13. The number of ether oxygens (including phenoxy) is 1. The standard InChI is InChI=1S/C10H13IO3S/c1-14-6-7-15(12,13)8-9-2-4-10(11)5-3-9/h2-5H,6-8H2,1H3. The summed E-state index contributed by atoms with van der Waals surface area (Å²) in [6.07, 6.45) is 0. The number of hydrogen-bond acceptors (Lipinski definition) is 3. The molecule has 1 aromatic rings. The Bertz CT molecular complexity index is 397. The van der Waals surface area contributed by atoms with Crippen molar-refractivity contribution in [3.05, 3.63) is 33.4 Å². The van der Waals surface area contributed by atoms with Gasteiger partial charge in [-0.1, -0.05) is 12.1 Å². The van der Waals surface area contributed by atoms with E-state index in [1.54, 1.807) is 0 Å². The number of benzene rings is 1. The molecule has 0 aromatic heterocycles. The Morgan fingerprint density at radius 2 is 1.87 bits per heavy atom. The molecule has 15 heavy (non-hydrogen) atoms. The molecule has 1 aromatic carbocycles. The van der Waals surface area contributed by atoms with Gasteiger partial charge >= 0.3 is 0 Å². The zero-order valence-electron chi connectivity index (χ0n) is 8.44. The summed E-state index contributed by atoms with van der Waals surface area (Å²) in [6, 6.07) is 7.49. The van der Waals surface area contributed by atoms with Gasteiger partial charge in [-0.15, -0.1) is 0 Å². The molecule has 0 fully saturated rings. The van der Waals surface area contributed by atoms with Crippen LogP contribution >= 0.6 is 22.6 Å². The van der Waals surface area contributed by atoms with Crippen LogP contribution in [0.5, 0.6) is 0 Å². The normalized spacial score (nSPS) is 11.6. The molecule has 5 heteroatoms. The SMILES string of the molecule is COCCS(=O)(=O)Cc1ccc(I)cc1. The lowest BCUT2D eigenvalue weighted by Gasteiger charge is -2.03. The van der Waals surface area contributed by atoms with E-state index < -0.39 is 9.84 Å². The van der Waals surface area contributed by atoms with Gasteiger partial charge < -0.3 is 4.74 Å². The molecule has 84 valence electrons. The van der Waals surface area contributed by atoms with Gasteiger partial charge in [-0.05, 0) is 40.3 Å². The summed E-state index contributed by atoms with van der Waals surface area (Å²) < 4.78 is 29.0. The van der Waals surface area contributed by atoms with E-state index in [0.29, 0.717) is 0 Å². The predicted molar refractivity (Wildman–Crippen MR) is 68.5 cm³/mol.